The monoisotopic (exact) mass is 280 g/mol. The Kier molecular flexibility index (Phi) is 3.85. The largest absolute Gasteiger partial charge is 0.394 e. The first-order valence-electron chi connectivity index (χ1n) is 5.72. The van der Waals surface area contributed by atoms with Crippen molar-refractivity contribution < 1.29 is 4.39 Å². The van der Waals surface area contributed by atoms with E-state index in [9.17, 15) is 4.39 Å². The molecule has 0 saturated heterocycles. The lowest BCUT2D eigenvalue weighted by Gasteiger charge is -2.20. The van der Waals surface area contributed by atoms with Crippen LogP contribution in [0.5, 0.6) is 0 Å². The van der Waals surface area contributed by atoms with E-state index in [0.29, 0.717) is 23.7 Å². The fraction of sp³-hybridized carbons (Fsp3) is 0.231. The molecule has 0 saturated carbocycles. The maximum Gasteiger partial charge on any atom is 0.224 e. The highest BCUT2D eigenvalue weighted by Gasteiger charge is 2.12. The zero-order valence-electron chi connectivity index (χ0n) is 10.7. The Morgan fingerprint density at radius 2 is 1.89 bits per heavy atom. The van der Waals surface area contributed by atoms with Crippen LogP contribution < -0.4 is 10.6 Å². The van der Waals surface area contributed by atoms with Gasteiger partial charge in [0.1, 0.15) is 5.82 Å². The molecular formula is C13H14ClFN4. The molecule has 0 aliphatic carbocycles. The van der Waals surface area contributed by atoms with E-state index in [1.807, 2.05) is 11.9 Å². The minimum absolute atomic E-state index is 0.160. The second-order valence-corrected chi connectivity index (χ2v) is 4.64. The molecule has 0 bridgehead atoms. The van der Waals surface area contributed by atoms with Gasteiger partial charge in [0.25, 0.3) is 0 Å². The van der Waals surface area contributed by atoms with E-state index in [1.54, 1.807) is 19.1 Å². The van der Waals surface area contributed by atoms with E-state index in [-0.39, 0.29) is 11.1 Å². The molecule has 0 unspecified atom stereocenters. The van der Waals surface area contributed by atoms with Crippen LogP contribution in [-0.4, -0.2) is 17.0 Å². The fourth-order valence-electron chi connectivity index (χ4n) is 1.76. The molecule has 0 aliphatic heterocycles. The second-order valence-electron chi connectivity index (χ2n) is 4.30. The van der Waals surface area contributed by atoms with Crippen molar-refractivity contribution in [1.29, 1.82) is 0 Å². The SMILES string of the molecule is Cc1nc(Cl)nc(N(C)Cc2ccc(F)cc2)c1N. The standard InChI is InChI=1S/C13H14ClFN4/c1-8-11(16)12(18-13(14)17-8)19(2)7-9-3-5-10(15)6-4-9/h3-6H,7,16H2,1-2H3. The van der Waals surface area contributed by atoms with Crippen LogP contribution in [0, 0.1) is 12.7 Å². The van der Waals surface area contributed by atoms with Gasteiger partial charge in [-0.25, -0.2) is 9.37 Å². The van der Waals surface area contributed by atoms with E-state index >= 15 is 0 Å². The molecule has 1 heterocycles. The molecule has 0 spiro atoms. The average molecular weight is 281 g/mol. The van der Waals surface area contributed by atoms with Crippen LogP contribution in [-0.2, 0) is 6.54 Å². The minimum Gasteiger partial charge on any atom is -0.394 e. The van der Waals surface area contributed by atoms with Crippen molar-refractivity contribution in [3.05, 3.63) is 46.6 Å². The molecule has 0 radical (unpaired) electrons. The summed E-state index contributed by atoms with van der Waals surface area (Å²) in [5.41, 5.74) is 8.03. The van der Waals surface area contributed by atoms with E-state index in [4.69, 9.17) is 17.3 Å². The number of nitrogens with zero attached hydrogens (tertiary/aromatic N) is 3. The Labute approximate surface area is 116 Å². The summed E-state index contributed by atoms with van der Waals surface area (Å²) in [4.78, 5) is 9.97. The molecule has 4 nitrogen and oxygen atoms in total. The van der Waals surface area contributed by atoms with Gasteiger partial charge in [0.2, 0.25) is 5.28 Å². The Morgan fingerprint density at radius 1 is 1.26 bits per heavy atom. The Bertz CT molecular complexity index is 586. The zero-order valence-corrected chi connectivity index (χ0v) is 11.4. The lowest BCUT2D eigenvalue weighted by molar-refractivity contribution is 0.627. The maximum absolute atomic E-state index is 12.8. The lowest BCUT2D eigenvalue weighted by atomic mass is 10.2. The summed E-state index contributed by atoms with van der Waals surface area (Å²) in [6.45, 7) is 2.33. The van der Waals surface area contributed by atoms with E-state index < -0.39 is 0 Å². The first kappa shape index (κ1) is 13.5. The molecule has 0 amide bonds. The molecule has 19 heavy (non-hydrogen) atoms. The summed E-state index contributed by atoms with van der Waals surface area (Å²) >= 11 is 5.84. The van der Waals surface area contributed by atoms with Crippen molar-refractivity contribution in [2.75, 3.05) is 17.7 Å². The van der Waals surface area contributed by atoms with E-state index in [0.717, 1.165) is 5.56 Å². The molecule has 0 atom stereocenters. The van der Waals surface area contributed by atoms with Gasteiger partial charge in [0, 0.05) is 13.6 Å². The van der Waals surface area contributed by atoms with Gasteiger partial charge in [-0.05, 0) is 36.2 Å². The third kappa shape index (κ3) is 3.12. The van der Waals surface area contributed by atoms with Crippen LogP contribution in [0.15, 0.2) is 24.3 Å². The predicted octanol–water partition coefficient (Wildman–Crippen LogP) is 2.80. The summed E-state index contributed by atoms with van der Waals surface area (Å²) < 4.78 is 12.8. The van der Waals surface area contributed by atoms with Crippen molar-refractivity contribution in [3.63, 3.8) is 0 Å². The van der Waals surface area contributed by atoms with Crippen LogP contribution in [0.2, 0.25) is 5.28 Å². The molecule has 2 aromatic rings. The molecule has 100 valence electrons. The first-order chi connectivity index (χ1) is 8.97. The molecule has 1 aromatic carbocycles. The van der Waals surface area contributed by atoms with Gasteiger partial charge >= 0.3 is 0 Å². The molecule has 0 fully saturated rings. The summed E-state index contributed by atoms with van der Waals surface area (Å²) in [6, 6.07) is 6.28. The van der Waals surface area contributed by atoms with E-state index in [2.05, 4.69) is 9.97 Å². The Hall–Kier alpha value is -1.88. The smallest absolute Gasteiger partial charge is 0.224 e. The molecular weight excluding hydrogens is 267 g/mol. The average Bonchev–Trinajstić information content (AvgIpc) is 2.36. The summed E-state index contributed by atoms with van der Waals surface area (Å²) in [5.74, 6) is 0.314. The van der Waals surface area contributed by atoms with Crippen LogP contribution >= 0.6 is 11.6 Å². The van der Waals surface area contributed by atoms with Crippen LogP contribution in [0.25, 0.3) is 0 Å². The number of anilines is 2. The van der Waals surface area contributed by atoms with E-state index in [1.165, 1.54) is 12.1 Å². The van der Waals surface area contributed by atoms with Gasteiger partial charge in [-0.1, -0.05) is 12.1 Å². The Morgan fingerprint density at radius 3 is 2.53 bits per heavy atom. The molecule has 0 aliphatic rings. The highest BCUT2D eigenvalue weighted by molar-refractivity contribution is 6.28. The predicted molar refractivity (Wildman–Crippen MR) is 74.7 cm³/mol. The normalized spacial score (nSPS) is 10.5. The highest BCUT2D eigenvalue weighted by atomic mass is 35.5. The lowest BCUT2D eigenvalue weighted by Crippen LogP contribution is -2.20. The molecule has 2 N–H and O–H groups in total. The summed E-state index contributed by atoms with van der Waals surface area (Å²) in [7, 11) is 1.85. The third-order valence-corrected chi connectivity index (χ3v) is 2.95. The van der Waals surface area contributed by atoms with Crippen molar-refractivity contribution in [2.45, 2.75) is 13.5 Å². The first-order valence-corrected chi connectivity index (χ1v) is 6.10. The van der Waals surface area contributed by atoms with Crippen LogP contribution in [0.4, 0.5) is 15.9 Å². The fourth-order valence-corrected chi connectivity index (χ4v) is 1.97. The number of aryl methyl sites for hydroxylation is 1. The van der Waals surface area contributed by atoms with Crippen molar-refractivity contribution in [2.24, 2.45) is 0 Å². The number of nitrogens with two attached hydrogens (primary N) is 1. The van der Waals surface area contributed by atoms with Gasteiger partial charge in [0.05, 0.1) is 11.4 Å². The minimum atomic E-state index is -0.258. The number of halogens is 2. The number of nitrogen functional groups attached to an aromatic ring is 1. The quantitative estimate of drug-likeness (QED) is 0.879. The zero-order chi connectivity index (χ0) is 14.0. The number of aromatic nitrogens is 2. The van der Waals surface area contributed by atoms with Crippen molar-refractivity contribution >= 4 is 23.1 Å². The topological polar surface area (TPSA) is 55.0 Å². The number of hydrogen-bond acceptors (Lipinski definition) is 4. The van der Waals surface area contributed by atoms with Gasteiger partial charge in [-0.3, -0.25) is 0 Å². The van der Waals surface area contributed by atoms with Crippen LogP contribution in [0.3, 0.4) is 0 Å². The van der Waals surface area contributed by atoms with Crippen LogP contribution in [0.1, 0.15) is 11.3 Å². The third-order valence-electron chi connectivity index (χ3n) is 2.78. The van der Waals surface area contributed by atoms with Gasteiger partial charge in [-0.15, -0.1) is 0 Å². The molecule has 1 aromatic heterocycles. The number of benzene rings is 1. The van der Waals surface area contributed by atoms with Gasteiger partial charge in [-0.2, -0.15) is 4.98 Å². The number of rotatable bonds is 3. The summed E-state index contributed by atoms with van der Waals surface area (Å²) in [5, 5.41) is 0.160. The van der Waals surface area contributed by atoms with Gasteiger partial charge in [0.15, 0.2) is 5.82 Å². The van der Waals surface area contributed by atoms with Gasteiger partial charge < -0.3 is 10.6 Å². The van der Waals surface area contributed by atoms with Crippen molar-refractivity contribution in [3.8, 4) is 0 Å². The highest BCUT2D eigenvalue weighted by Crippen LogP contribution is 2.24. The molecule has 6 heteroatoms. The summed E-state index contributed by atoms with van der Waals surface area (Å²) in [6.07, 6.45) is 0. The van der Waals surface area contributed by atoms with Crippen molar-refractivity contribution in [1.82, 2.24) is 9.97 Å². The maximum atomic E-state index is 12.8. The number of hydrogen-bond donors (Lipinski definition) is 1. The second kappa shape index (κ2) is 5.40. The molecule has 2 rings (SSSR count). The Balaban J connectivity index is 2.24.